The molecule has 0 spiro atoms. The van der Waals surface area contributed by atoms with Crippen LogP contribution >= 0.6 is 7.82 Å². The molecule has 0 aliphatic heterocycles. The molecule has 1 unspecified atom stereocenters. The number of allylic oxidation sites excluding steroid dienone is 2. The van der Waals surface area contributed by atoms with Crippen molar-refractivity contribution in [2.24, 2.45) is 11.8 Å². The largest absolute Gasteiger partial charge is 0.756 e. The van der Waals surface area contributed by atoms with Gasteiger partial charge in [-0.3, -0.25) is 18.9 Å². The van der Waals surface area contributed by atoms with Gasteiger partial charge in [-0.2, -0.15) is 0 Å². The Morgan fingerprint density at radius 1 is 0.723 bits per heavy atom. The second kappa shape index (κ2) is 39.0. The number of unbranched alkanes of at least 4 members (excludes halogenated alkanes) is 23. The number of nitrogens with zero attached hydrogens (tertiary/aromatic N) is 1. The van der Waals surface area contributed by atoms with E-state index in [-0.39, 0.29) is 50.1 Å². The number of phosphoric ester groups is 1. The zero-order valence-corrected chi connectivity index (χ0v) is 42.8. The Balaban J connectivity index is 2.38. The van der Waals surface area contributed by atoms with E-state index in [1.807, 2.05) is 33.3 Å². The van der Waals surface area contributed by atoms with Crippen LogP contribution in [0.4, 0.5) is 0 Å². The quantitative estimate of drug-likeness (QED) is 0.0196. The molecular weight excluding hydrogens is 846 g/mol. The first-order valence-electron chi connectivity index (χ1n) is 26.1. The van der Waals surface area contributed by atoms with Crippen LogP contribution in [-0.4, -0.2) is 98.2 Å². The number of rotatable bonds is 44. The smallest absolute Gasteiger partial charge is 0.306 e. The minimum Gasteiger partial charge on any atom is -0.756 e. The van der Waals surface area contributed by atoms with Gasteiger partial charge in [0.05, 0.1) is 40.0 Å². The molecule has 0 saturated heterocycles. The van der Waals surface area contributed by atoms with Gasteiger partial charge in [-0.25, -0.2) is 0 Å². The van der Waals surface area contributed by atoms with Crippen molar-refractivity contribution in [3.8, 4) is 0 Å². The van der Waals surface area contributed by atoms with Gasteiger partial charge < -0.3 is 38.1 Å². The number of esters is 2. The van der Waals surface area contributed by atoms with Crippen LogP contribution in [0.25, 0.3) is 0 Å². The summed E-state index contributed by atoms with van der Waals surface area (Å²) in [4.78, 5) is 50.5. The van der Waals surface area contributed by atoms with Crippen LogP contribution in [-0.2, 0) is 37.5 Å². The Labute approximate surface area is 396 Å². The molecule has 0 heterocycles. The van der Waals surface area contributed by atoms with Gasteiger partial charge in [0.15, 0.2) is 6.10 Å². The van der Waals surface area contributed by atoms with Crippen LogP contribution in [0.15, 0.2) is 24.3 Å². The summed E-state index contributed by atoms with van der Waals surface area (Å²) in [5.74, 6) is -1.73. The van der Waals surface area contributed by atoms with Gasteiger partial charge in [0.2, 0.25) is 0 Å². The average molecular weight is 942 g/mol. The van der Waals surface area contributed by atoms with Crippen molar-refractivity contribution in [2.45, 2.75) is 231 Å². The third kappa shape index (κ3) is 35.8. The van der Waals surface area contributed by atoms with Gasteiger partial charge in [-0.1, -0.05) is 186 Å². The van der Waals surface area contributed by atoms with Crippen LogP contribution in [0.2, 0.25) is 0 Å². The Morgan fingerprint density at radius 2 is 1.23 bits per heavy atom. The normalized spacial score (nSPS) is 18.7. The summed E-state index contributed by atoms with van der Waals surface area (Å²) in [6.45, 7) is 3.85. The summed E-state index contributed by atoms with van der Waals surface area (Å²) in [7, 11) is 1.03. The minimum atomic E-state index is -4.69. The van der Waals surface area contributed by atoms with Gasteiger partial charge in [-0.05, 0) is 32.1 Å². The van der Waals surface area contributed by atoms with Gasteiger partial charge in [0.25, 0.3) is 7.82 Å². The maximum Gasteiger partial charge on any atom is 0.306 e. The minimum absolute atomic E-state index is 0.0000316. The van der Waals surface area contributed by atoms with Gasteiger partial charge in [-0.15, -0.1) is 0 Å². The number of phosphoric acid groups is 1. The second-order valence-corrected chi connectivity index (χ2v) is 21.1. The molecule has 0 bridgehead atoms. The highest BCUT2D eigenvalue weighted by Gasteiger charge is 2.39. The summed E-state index contributed by atoms with van der Waals surface area (Å²) < 4.78 is 34.0. The number of Topliss-reactive ketones (excluding diaryl/α,β-unsaturated/α-hetero) is 1. The van der Waals surface area contributed by atoms with Crippen LogP contribution in [0.3, 0.4) is 0 Å². The van der Waals surface area contributed by atoms with Crippen LogP contribution in [0.5, 0.6) is 0 Å². The van der Waals surface area contributed by atoms with E-state index in [4.69, 9.17) is 18.5 Å². The molecule has 1 saturated carbocycles. The second-order valence-electron chi connectivity index (χ2n) is 19.7. The van der Waals surface area contributed by atoms with Crippen molar-refractivity contribution in [3.63, 3.8) is 0 Å². The summed E-state index contributed by atoms with van der Waals surface area (Å²) >= 11 is 0. The first-order chi connectivity index (χ1) is 31.2. The zero-order chi connectivity index (χ0) is 48.0. The number of likely N-dealkylation sites (N-methyl/N-ethyl adjacent to an activating group) is 1. The van der Waals surface area contributed by atoms with E-state index in [1.165, 1.54) is 109 Å². The van der Waals surface area contributed by atoms with Crippen molar-refractivity contribution < 1.29 is 57.1 Å². The lowest BCUT2D eigenvalue weighted by atomic mass is 9.90. The fourth-order valence-electron chi connectivity index (χ4n) is 8.17. The molecule has 0 amide bonds. The standard InChI is InChI=1S/C52H96NO11P/c1-6-8-10-11-12-13-14-15-16-17-18-19-20-21-22-23-24-25-26-27-33-37-52(58)64-46(44-63-65(59,60)62-41-40-53(3,4)5)43-61-51(57)36-32-29-28-31-35-47-48(50(56)42-49(47)55)39-38-45(54)34-30-9-7-2/h28,31,38-39,45-48,50,54,56H,6-27,29-30,32-37,40-44H2,1-5H3/b31-28-,39-38+/t45-,46+,47+,48+,50+/m0/s1. The molecule has 12 nitrogen and oxygen atoms in total. The topological polar surface area (TPSA) is 169 Å². The Bertz CT molecular complexity index is 1320. The molecule has 1 aliphatic rings. The number of aliphatic hydroxyl groups excluding tert-OH is 2. The van der Waals surface area contributed by atoms with E-state index in [0.29, 0.717) is 43.1 Å². The van der Waals surface area contributed by atoms with E-state index in [0.717, 1.165) is 38.5 Å². The van der Waals surface area contributed by atoms with E-state index in [9.17, 15) is 34.1 Å². The van der Waals surface area contributed by atoms with Crippen LogP contribution in [0.1, 0.15) is 213 Å². The number of carbonyl (C=O) groups excluding carboxylic acids is 3. The summed E-state index contributed by atoms with van der Waals surface area (Å²) in [5.41, 5.74) is 0. The number of hydrogen-bond acceptors (Lipinski definition) is 11. The van der Waals surface area contributed by atoms with Crippen LogP contribution < -0.4 is 4.89 Å². The molecule has 1 fully saturated rings. The molecule has 65 heavy (non-hydrogen) atoms. The SMILES string of the molecule is CCCCCCCCCCCCCCCCCCCCCCCC(=O)O[C@H](COC(=O)CCC/C=C\C[C@H]1C(=O)C[C@@H](O)[C@@H]1/C=C/[C@@H](O)CCCCC)COP(=O)([O-])OCC[N+](C)(C)C. The molecule has 0 aromatic carbocycles. The summed E-state index contributed by atoms with van der Waals surface area (Å²) in [6.07, 6.45) is 37.1. The monoisotopic (exact) mass is 942 g/mol. The van der Waals surface area contributed by atoms with Gasteiger partial charge >= 0.3 is 11.9 Å². The number of aliphatic hydroxyl groups is 2. The number of hydrogen-bond donors (Lipinski definition) is 2. The molecule has 13 heteroatoms. The predicted octanol–water partition coefficient (Wildman–Crippen LogP) is 11.4. The molecule has 1 rings (SSSR count). The molecule has 2 N–H and O–H groups in total. The van der Waals surface area contributed by atoms with Crippen molar-refractivity contribution in [3.05, 3.63) is 24.3 Å². The van der Waals surface area contributed by atoms with E-state index in [2.05, 4.69) is 13.8 Å². The fraction of sp³-hybridized carbons (Fsp3) is 0.865. The zero-order valence-electron chi connectivity index (χ0n) is 41.9. The van der Waals surface area contributed by atoms with Gasteiger partial charge in [0, 0.05) is 31.1 Å². The first-order valence-corrected chi connectivity index (χ1v) is 27.6. The lowest BCUT2D eigenvalue weighted by molar-refractivity contribution is -0.870. The molecule has 1 aliphatic carbocycles. The van der Waals surface area contributed by atoms with Crippen molar-refractivity contribution in [1.29, 1.82) is 0 Å². The van der Waals surface area contributed by atoms with Gasteiger partial charge in [0.1, 0.15) is 25.5 Å². The van der Waals surface area contributed by atoms with Crippen molar-refractivity contribution >= 4 is 25.5 Å². The molecule has 6 atom stereocenters. The van der Waals surface area contributed by atoms with E-state index in [1.54, 1.807) is 12.2 Å². The summed E-state index contributed by atoms with van der Waals surface area (Å²) in [6, 6.07) is 0. The predicted molar refractivity (Wildman–Crippen MR) is 260 cm³/mol. The van der Waals surface area contributed by atoms with E-state index >= 15 is 0 Å². The molecule has 0 radical (unpaired) electrons. The Kier molecular flexibility index (Phi) is 36.6. The highest BCUT2D eigenvalue weighted by molar-refractivity contribution is 7.45. The van der Waals surface area contributed by atoms with E-state index < -0.39 is 44.7 Å². The van der Waals surface area contributed by atoms with Crippen molar-refractivity contribution in [2.75, 3.05) is 47.5 Å². The third-order valence-electron chi connectivity index (χ3n) is 12.3. The third-order valence-corrected chi connectivity index (χ3v) is 13.3. The number of quaternary nitrogens is 1. The molecule has 380 valence electrons. The highest BCUT2D eigenvalue weighted by atomic mass is 31.2. The highest BCUT2D eigenvalue weighted by Crippen LogP contribution is 2.38. The Hall–Kier alpha value is -1.92. The average Bonchev–Trinajstić information content (AvgIpc) is 3.52. The number of ketones is 1. The Morgan fingerprint density at radius 3 is 1.77 bits per heavy atom. The molecule has 0 aromatic rings. The summed E-state index contributed by atoms with van der Waals surface area (Å²) in [5, 5.41) is 20.7. The lowest BCUT2D eigenvalue weighted by Crippen LogP contribution is -2.37. The fourth-order valence-corrected chi connectivity index (χ4v) is 8.90. The number of carbonyl (C=O) groups is 3. The maximum absolute atomic E-state index is 12.8. The number of ether oxygens (including phenoxy) is 2. The lowest BCUT2D eigenvalue weighted by Gasteiger charge is -2.28. The molecular formula is C52H96NO11P. The van der Waals surface area contributed by atoms with Crippen molar-refractivity contribution in [1.82, 2.24) is 0 Å². The maximum atomic E-state index is 12.8. The first kappa shape index (κ1) is 61.1. The molecule has 0 aromatic heterocycles. The van der Waals surface area contributed by atoms with Crippen LogP contribution in [0, 0.1) is 11.8 Å².